The number of fused-ring (bicyclic) bond motifs is 1. The van der Waals surface area contributed by atoms with Gasteiger partial charge in [0.15, 0.2) is 0 Å². The molecule has 1 aromatic rings. The number of hydrogen-bond donors (Lipinski definition) is 1. The number of benzene rings is 1. The second-order valence-electron chi connectivity index (χ2n) is 5.89. The van der Waals surface area contributed by atoms with Crippen molar-refractivity contribution in [2.75, 3.05) is 20.1 Å². The minimum atomic E-state index is -3.41. The first-order chi connectivity index (χ1) is 10.0. The Kier molecular flexibility index (Phi) is 5.37. The normalized spacial score (nSPS) is 25.2. The molecule has 1 saturated heterocycles. The van der Waals surface area contributed by atoms with E-state index < -0.39 is 10.0 Å². The van der Waals surface area contributed by atoms with Gasteiger partial charge in [0.05, 0.1) is 4.90 Å². The number of halogens is 1. The lowest BCUT2D eigenvalue weighted by Crippen LogP contribution is -2.46. The van der Waals surface area contributed by atoms with Gasteiger partial charge in [0.25, 0.3) is 0 Å². The van der Waals surface area contributed by atoms with Crippen molar-refractivity contribution in [1.29, 1.82) is 0 Å². The van der Waals surface area contributed by atoms with Gasteiger partial charge in [-0.1, -0.05) is 0 Å². The first kappa shape index (κ1) is 17.5. The molecule has 0 saturated carbocycles. The third-order valence-corrected chi connectivity index (χ3v) is 6.16. The molecule has 2 aliphatic rings. The Morgan fingerprint density at radius 1 is 1.36 bits per heavy atom. The fourth-order valence-corrected chi connectivity index (χ4v) is 4.68. The first-order valence-corrected chi connectivity index (χ1v) is 8.91. The molecule has 22 heavy (non-hydrogen) atoms. The van der Waals surface area contributed by atoms with Gasteiger partial charge in [-0.2, -0.15) is 4.31 Å². The van der Waals surface area contributed by atoms with Gasteiger partial charge >= 0.3 is 0 Å². The number of piperidine rings is 1. The second kappa shape index (κ2) is 6.74. The summed E-state index contributed by atoms with van der Waals surface area (Å²) in [6, 6.07) is 5.46. The van der Waals surface area contributed by atoms with Crippen molar-refractivity contribution >= 4 is 22.4 Å². The van der Waals surface area contributed by atoms with Crippen LogP contribution >= 0.6 is 12.4 Å². The molecule has 0 aliphatic carbocycles. The molecule has 1 fully saturated rings. The summed E-state index contributed by atoms with van der Waals surface area (Å²) in [6.45, 7) is 3.14. The van der Waals surface area contributed by atoms with Crippen molar-refractivity contribution in [2.24, 2.45) is 0 Å². The highest BCUT2D eigenvalue weighted by Gasteiger charge is 2.31. The van der Waals surface area contributed by atoms with Gasteiger partial charge in [-0.25, -0.2) is 8.42 Å². The third kappa shape index (κ3) is 3.25. The van der Waals surface area contributed by atoms with E-state index in [1.807, 2.05) is 14.0 Å². The maximum absolute atomic E-state index is 12.8. The largest absolute Gasteiger partial charge is 0.490 e. The monoisotopic (exact) mass is 346 g/mol. The molecule has 2 atom stereocenters. The number of likely N-dealkylation sites (N-methyl/N-ethyl adjacent to an activating group) is 1. The maximum Gasteiger partial charge on any atom is 0.243 e. The Bertz CT molecular complexity index is 636. The number of nitrogens with zero attached hydrogens (tertiary/aromatic N) is 1. The molecule has 1 aromatic carbocycles. The van der Waals surface area contributed by atoms with Crippen LogP contribution in [-0.4, -0.2) is 45.0 Å². The van der Waals surface area contributed by atoms with Gasteiger partial charge in [-0.05, 0) is 50.6 Å². The summed E-state index contributed by atoms with van der Waals surface area (Å²) in [6.07, 6.45) is 2.83. The predicted molar refractivity (Wildman–Crippen MR) is 88.3 cm³/mol. The van der Waals surface area contributed by atoms with Crippen LogP contribution < -0.4 is 10.1 Å². The van der Waals surface area contributed by atoms with Gasteiger partial charge in [-0.3, -0.25) is 0 Å². The van der Waals surface area contributed by atoms with Crippen LogP contribution in [0.25, 0.3) is 0 Å². The van der Waals surface area contributed by atoms with Crippen molar-refractivity contribution in [3.05, 3.63) is 23.8 Å². The molecule has 3 rings (SSSR count). The average molecular weight is 347 g/mol. The lowest BCUT2D eigenvalue weighted by Gasteiger charge is -2.31. The molecule has 124 valence electrons. The molecule has 0 aromatic heterocycles. The van der Waals surface area contributed by atoms with E-state index >= 15 is 0 Å². The van der Waals surface area contributed by atoms with Crippen LogP contribution in [0.3, 0.4) is 0 Å². The van der Waals surface area contributed by atoms with E-state index in [9.17, 15) is 8.42 Å². The zero-order valence-corrected chi connectivity index (χ0v) is 14.5. The zero-order valence-electron chi connectivity index (χ0n) is 12.9. The highest BCUT2D eigenvalue weighted by atomic mass is 35.5. The molecule has 0 bridgehead atoms. The van der Waals surface area contributed by atoms with Crippen molar-refractivity contribution in [3.63, 3.8) is 0 Å². The highest BCUT2D eigenvalue weighted by Crippen LogP contribution is 2.32. The highest BCUT2D eigenvalue weighted by molar-refractivity contribution is 7.89. The van der Waals surface area contributed by atoms with E-state index in [-0.39, 0.29) is 24.6 Å². The number of rotatable bonds is 3. The first-order valence-electron chi connectivity index (χ1n) is 7.47. The van der Waals surface area contributed by atoms with Crippen LogP contribution in [0, 0.1) is 0 Å². The zero-order chi connectivity index (χ0) is 15.0. The SMILES string of the molecule is CNC1CCCN(S(=O)(=O)c2ccc3c(c2)CC(C)O3)C1.Cl. The van der Waals surface area contributed by atoms with Crippen LogP contribution in [0.2, 0.25) is 0 Å². The van der Waals surface area contributed by atoms with E-state index in [4.69, 9.17) is 4.74 Å². The summed E-state index contributed by atoms with van der Waals surface area (Å²) in [5.74, 6) is 0.813. The molecule has 0 spiro atoms. The Labute approximate surface area is 138 Å². The molecular formula is C15H23ClN2O3S. The lowest BCUT2D eigenvalue weighted by molar-refractivity contribution is 0.254. The number of nitrogens with one attached hydrogen (secondary N) is 1. The van der Waals surface area contributed by atoms with Crippen molar-refractivity contribution < 1.29 is 13.2 Å². The van der Waals surface area contributed by atoms with Gasteiger partial charge in [-0.15, -0.1) is 12.4 Å². The van der Waals surface area contributed by atoms with Gasteiger partial charge in [0, 0.05) is 25.6 Å². The standard InChI is InChI=1S/C15H22N2O3S.ClH/c1-11-8-12-9-14(5-6-15(12)20-11)21(18,19)17-7-3-4-13(10-17)16-2;/h5-6,9,11,13,16H,3-4,7-8,10H2,1-2H3;1H. The van der Waals surface area contributed by atoms with Gasteiger partial charge in [0.1, 0.15) is 11.9 Å². The summed E-state index contributed by atoms with van der Waals surface area (Å²) in [4.78, 5) is 0.385. The minimum absolute atomic E-state index is 0. The molecule has 2 heterocycles. The number of sulfonamides is 1. The number of hydrogen-bond acceptors (Lipinski definition) is 4. The summed E-state index contributed by atoms with van der Waals surface area (Å²) < 4.78 is 32.8. The van der Waals surface area contributed by atoms with Crippen molar-refractivity contribution in [1.82, 2.24) is 9.62 Å². The van der Waals surface area contributed by atoms with E-state index in [1.165, 1.54) is 0 Å². The molecule has 5 nitrogen and oxygen atoms in total. The van der Waals surface area contributed by atoms with E-state index in [2.05, 4.69) is 5.32 Å². The average Bonchev–Trinajstić information content (AvgIpc) is 2.86. The molecule has 2 aliphatic heterocycles. The van der Waals surface area contributed by atoms with E-state index in [0.29, 0.717) is 18.0 Å². The summed E-state index contributed by atoms with van der Waals surface area (Å²) in [5, 5.41) is 3.18. The lowest BCUT2D eigenvalue weighted by atomic mass is 10.1. The predicted octanol–water partition coefficient (Wildman–Crippen LogP) is 1.80. The summed E-state index contributed by atoms with van der Waals surface area (Å²) in [7, 11) is -1.52. The fraction of sp³-hybridized carbons (Fsp3) is 0.600. The molecule has 2 unspecified atom stereocenters. The fourth-order valence-electron chi connectivity index (χ4n) is 3.10. The third-order valence-electron chi connectivity index (χ3n) is 4.30. The maximum atomic E-state index is 12.8. The van der Waals surface area contributed by atoms with Crippen LogP contribution in [0.15, 0.2) is 23.1 Å². The molecular weight excluding hydrogens is 324 g/mol. The van der Waals surface area contributed by atoms with Crippen molar-refractivity contribution in [2.45, 2.75) is 43.2 Å². The summed E-state index contributed by atoms with van der Waals surface area (Å²) >= 11 is 0. The van der Waals surface area contributed by atoms with Gasteiger partial charge in [0.2, 0.25) is 10.0 Å². The quantitative estimate of drug-likeness (QED) is 0.906. The van der Waals surface area contributed by atoms with Crippen molar-refractivity contribution in [3.8, 4) is 5.75 Å². The smallest absolute Gasteiger partial charge is 0.243 e. The number of ether oxygens (including phenoxy) is 1. The Hall–Kier alpha value is -0.820. The molecule has 7 heteroatoms. The minimum Gasteiger partial charge on any atom is -0.490 e. The Morgan fingerprint density at radius 3 is 2.86 bits per heavy atom. The van der Waals surface area contributed by atoms with E-state index in [1.54, 1.807) is 22.5 Å². The Balaban J connectivity index is 0.00000176. The molecule has 1 N–H and O–H groups in total. The van der Waals surface area contributed by atoms with Crippen LogP contribution in [0.4, 0.5) is 0 Å². The van der Waals surface area contributed by atoms with Crippen LogP contribution in [-0.2, 0) is 16.4 Å². The summed E-state index contributed by atoms with van der Waals surface area (Å²) in [5.41, 5.74) is 0.991. The van der Waals surface area contributed by atoms with Crippen LogP contribution in [0.1, 0.15) is 25.3 Å². The van der Waals surface area contributed by atoms with Gasteiger partial charge < -0.3 is 10.1 Å². The topological polar surface area (TPSA) is 58.6 Å². The molecule has 0 radical (unpaired) electrons. The Morgan fingerprint density at radius 2 is 2.14 bits per heavy atom. The van der Waals surface area contributed by atoms with Crippen LogP contribution in [0.5, 0.6) is 5.75 Å². The second-order valence-corrected chi connectivity index (χ2v) is 7.83. The molecule has 0 amide bonds. The van der Waals surface area contributed by atoms with E-state index in [0.717, 1.165) is 30.6 Å².